The molecule has 0 radical (unpaired) electrons. The second-order valence-corrected chi connectivity index (χ2v) is 14.7. The lowest BCUT2D eigenvalue weighted by atomic mass is 9.95. The van der Waals surface area contributed by atoms with Gasteiger partial charge < -0.3 is 29.8 Å². The Labute approximate surface area is 271 Å². The molecular formula is C34H48N8O4. The van der Waals surface area contributed by atoms with Gasteiger partial charge >= 0.3 is 11.9 Å². The van der Waals surface area contributed by atoms with Gasteiger partial charge in [0.1, 0.15) is 11.6 Å². The first-order chi connectivity index (χ1) is 22.0. The van der Waals surface area contributed by atoms with Crippen molar-refractivity contribution in [2.75, 3.05) is 58.9 Å². The molecule has 2 aromatic heterocycles. The number of hydrogen-bond acceptors (Lipinski definition) is 10. The average molecular weight is 633 g/mol. The van der Waals surface area contributed by atoms with E-state index in [1.807, 2.05) is 0 Å². The highest BCUT2D eigenvalue weighted by Crippen LogP contribution is 2.42. The molecule has 2 aromatic rings. The maximum Gasteiger partial charge on any atom is 0.303 e. The van der Waals surface area contributed by atoms with Gasteiger partial charge in [-0.25, -0.2) is 9.97 Å². The van der Waals surface area contributed by atoms with Crippen LogP contribution in [0.15, 0.2) is 0 Å². The molecule has 46 heavy (non-hydrogen) atoms. The summed E-state index contributed by atoms with van der Waals surface area (Å²) in [4.78, 5) is 50.3. The van der Waals surface area contributed by atoms with Gasteiger partial charge in [0.2, 0.25) is 11.9 Å². The predicted octanol–water partition coefficient (Wildman–Crippen LogP) is 4.07. The van der Waals surface area contributed by atoms with Crippen LogP contribution in [-0.4, -0.2) is 93.4 Å². The number of carboxylic acids is 2. The number of aromatic nitrogens is 4. The molecule has 248 valence electrons. The lowest BCUT2D eigenvalue weighted by Gasteiger charge is -2.42. The van der Waals surface area contributed by atoms with E-state index < -0.39 is 11.9 Å². The molecule has 4 atom stereocenters. The third-order valence-electron chi connectivity index (χ3n) is 11.2. The zero-order valence-electron chi connectivity index (χ0n) is 27.7. The highest BCUT2D eigenvalue weighted by molar-refractivity contribution is 5.69. The van der Waals surface area contributed by atoms with Crippen molar-refractivity contribution in [3.8, 4) is 0 Å². The Kier molecular flexibility index (Phi) is 8.17. The van der Waals surface area contributed by atoms with Gasteiger partial charge in [0.25, 0.3) is 0 Å². The second-order valence-electron chi connectivity index (χ2n) is 14.7. The molecule has 0 amide bonds. The van der Waals surface area contributed by atoms with Crippen LogP contribution < -0.4 is 19.6 Å². The minimum atomic E-state index is -0.703. The topological polar surface area (TPSA) is 139 Å². The van der Waals surface area contributed by atoms with Crippen molar-refractivity contribution in [3.63, 3.8) is 0 Å². The first kappa shape index (κ1) is 30.9. The van der Waals surface area contributed by atoms with Crippen LogP contribution in [0, 0.1) is 11.8 Å². The lowest BCUT2D eigenvalue weighted by molar-refractivity contribution is -0.139. The Morgan fingerprint density at radius 3 is 1.33 bits per heavy atom. The van der Waals surface area contributed by atoms with Gasteiger partial charge in [-0.3, -0.25) is 9.59 Å². The summed E-state index contributed by atoms with van der Waals surface area (Å²) >= 11 is 0. The Morgan fingerprint density at radius 1 is 0.630 bits per heavy atom. The largest absolute Gasteiger partial charge is 0.481 e. The van der Waals surface area contributed by atoms with Crippen LogP contribution in [-0.2, 0) is 22.4 Å². The van der Waals surface area contributed by atoms with E-state index in [0.29, 0.717) is 23.9 Å². The molecule has 0 saturated carbocycles. The van der Waals surface area contributed by atoms with Gasteiger partial charge in [-0.05, 0) is 64.2 Å². The molecule has 2 N–H and O–H groups in total. The molecule has 0 unspecified atom stereocenters. The van der Waals surface area contributed by atoms with Crippen molar-refractivity contribution in [2.45, 2.75) is 103 Å². The molecule has 8 rings (SSSR count). The number of carbonyl (C=O) groups is 2. The van der Waals surface area contributed by atoms with E-state index >= 15 is 0 Å². The van der Waals surface area contributed by atoms with Crippen molar-refractivity contribution in [1.29, 1.82) is 0 Å². The van der Waals surface area contributed by atoms with Crippen LogP contribution in [0.3, 0.4) is 0 Å². The number of aliphatic carboxylic acids is 2. The van der Waals surface area contributed by atoms with Crippen molar-refractivity contribution >= 4 is 35.5 Å². The van der Waals surface area contributed by atoms with Gasteiger partial charge in [-0.1, -0.05) is 13.8 Å². The molecule has 0 spiro atoms. The van der Waals surface area contributed by atoms with E-state index in [0.717, 1.165) is 88.5 Å². The Balaban J connectivity index is 0.000000147. The Hall–Kier alpha value is -3.70. The van der Waals surface area contributed by atoms with E-state index in [2.05, 4.69) is 47.3 Å². The summed E-state index contributed by atoms with van der Waals surface area (Å²) in [6.07, 6.45) is 7.30. The molecule has 12 nitrogen and oxygen atoms in total. The number of anilines is 4. The summed E-state index contributed by atoms with van der Waals surface area (Å²) in [6.45, 7) is 14.2. The fraction of sp³-hybridized carbons (Fsp3) is 0.706. The Bertz CT molecular complexity index is 1390. The van der Waals surface area contributed by atoms with Crippen LogP contribution in [0.25, 0.3) is 0 Å². The second kappa shape index (κ2) is 12.2. The molecule has 0 bridgehead atoms. The maximum absolute atomic E-state index is 10.9. The van der Waals surface area contributed by atoms with Crippen LogP contribution in [0.2, 0.25) is 0 Å². The zero-order valence-corrected chi connectivity index (χ0v) is 27.7. The summed E-state index contributed by atoms with van der Waals surface area (Å²) < 4.78 is 0. The van der Waals surface area contributed by atoms with Crippen LogP contribution in [0.4, 0.5) is 23.5 Å². The highest BCUT2D eigenvalue weighted by atomic mass is 16.4. The summed E-state index contributed by atoms with van der Waals surface area (Å²) in [5.41, 5.74) is 5.02. The molecule has 4 saturated heterocycles. The molecule has 12 heteroatoms. The van der Waals surface area contributed by atoms with Gasteiger partial charge in [0, 0.05) is 74.3 Å². The number of hydrogen-bond donors (Lipinski definition) is 2. The molecular weight excluding hydrogens is 584 g/mol. The molecule has 4 aliphatic heterocycles. The standard InChI is InChI=1S/2C17H24N4O2/c2*1-10-3-4-13-15(10)18-17(21-6-5-11(21)2)19-16(13)20-8-12(9-20)7-14(22)23/h2*10-12H,3-9H2,1-2H3,(H,22,23)/t10-,11+;10-,11-/m10/s1. The van der Waals surface area contributed by atoms with E-state index in [1.54, 1.807) is 0 Å². The molecule has 6 aliphatic rings. The number of nitrogens with zero attached hydrogens (tertiary/aromatic N) is 8. The molecule has 6 heterocycles. The molecule has 4 fully saturated rings. The first-order valence-corrected chi connectivity index (χ1v) is 17.3. The first-order valence-electron chi connectivity index (χ1n) is 17.3. The van der Waals surface area contributed by atoms with Crippen molar-refractivity contribution in [2.24, 2.45) is 11.8 Å². The van der Waals surface area contributed by atoms with Crippen molar-refractivity contribution in [1.82, 2.24) is 19.9 Å². The summed E-state index contributed by atoms with van der Waals surface area (Å²) in [5.74, 6) is 3.96. The van der Waals surface area contributed by atoms with Gasteiger partial charge in [0.05, 0.1) is 24.2 Å². The van der Waals surface area contributed by atoms with E-state index in [9.17, 15) is 9.59 Å². The van der Waals surface area contributed by atoms with Gasteiger partial charge in [-0.15, -0.1) is 0 Å². The third kappa shape index (κ3) is 5.72. The fourth-order valence-electron chi connectivity index (χ4n) is 7.89. The SMILES string of the molecule is C[C@@H]1CCc2c1nc(N1CC[C@@H]1C)nc2N1CC(CC(=O)O)C1.C[C@H]1CCc2c1nc(N1CC[C@@H]1C)nc2N1CC(CC(=O)O)C1. The zero-order chi connectivity index (χ0) is 32.3. The van der Waals surface area contributed by atoms with Crippen molar-refractivity contribution in [3.05, 3.63) is 22.5 Å². The number of rotatable bonds is 8. The number of carboxylic acid groups (broad SMARTS) is 2. The Morgan fingerprint density at radius 2 is 1.02 bits per heavy atom. The predicted molar refractivity (Wildman–Crippen MR) is 176 cm³/mol. The number of fused-ring (bicyclic) bond motifs is 2. The molecule has 2 aliphatic carbocycles. The van der Waals surface area contributed by atoms with Crippen LogP contribution >= 0.6 is 0 Å². The monoisotopic (exact) mass is 632 g/mol. The average Bonchev–Trinajstić information content (AvgIpc) is 3.52. The van der Waals surface area contributed by atoms with Gasteiger partial charge in [0.15, 0.2) is 0 Å². The molecule has 0 aromatic carbocycles. The quantitative estimate of drug-likeness (QED) is 0.434. The summed E-state index contributed by atoms with van der Waals surface area (Å²) in [7, 11) is 0. The maximum atomic E-state index is 10.9. The minimum absolute atomic E-state index is 0.253. The fourth-order valence-corrected chi connectivity index (χ4v) is 7.89. The summed E-state index contributed by atoms with van der Waals surface area (Å²) in [5, 5.41) is 17.9. The van der Waals surface area contributed by atoms with Crippen LogP contribution in [0.1, 0.15) is 101 Å². The normalized spacial score (nSPS) is 26.7. The minimum Gasteiger partial charge on any atom is -0.481 e. The third-order valence-corrected chi connectivity index (χ3v) is 11.2. The lowest BCUT2D eigenvalue weighted by Crippen LogP contribution is -2.50. The van der Waals surface area contributed by atoms with E-state index in [4.69, 9.17) is 30.1 Å². The van der Waals surface area contributed by atoms with Crippen molar-refractivity contribution < 1.29 is 19.8 Å². The van der Waals surface area contributed by atoms with E-state index in [1.165, 1.54) is 35.4 Å². The van der Waals surface area contributed by atoms with Gasteiger partial charge in [-0.2, -0.15) is 9.97 Å². The van der Waals surface area contributed by atoms with E-state index in [-0.39, 0.29) is 24.7 Å². The summed E-state index contributed by atoms with van der Waals surface area (Å²) in [6, 6.07) is 1.04. The van der Waals surface area contributed by atoms with Crippen LogP contribution in [0.5, 0.6) is 0 Å². The smallest absolute Gasteiger partial charge is 0.303 e. The highest BCUT2D eigenvalue weighted by Gasteiger charge is 2.38.